The van der Waals surface area contributed by atoms with Gasteiger partial charge in [0.15, 0.2) is 0 Å². The maximum atomic E-state index is 2.63. The van der Waals surface area contributed by atoms with Crippen molar-refractivity contribution >= 4 is 17.1 Å². The zero-order valence-electron chi connectivity index (χ0n) is 35.3. The van der Waals surface area contributed by atoms with E-state index in [-0.39, 0.29) is 16.2 Å². The Morgan fingerprint density at radius 2 is 0.951 bits per heavy atom. The molecule has 1 nitrogen and oxygen atoms in total. The van der Waals surface area contributed by atoms with Gasteiger partial charge in [-0.2, -0.15) is 0 Å². The van der Waals surface area contributed by atoms with Crippen LogP contribution in [-0.2, 0) is 16.2 Å². The average molecular weight is 784 g/mol. The van der Waals surface area contributed by atoms with Crippen LogP contribution in [0, 0.1) is 11.8 Å². The Kier molecular flexibility index (Phi) is 7.27. The number of hydrogen-bond donors (Lipinski definition) is 0. The largest absolute Gasteiger partial charge is 0.310 e. The zero-order chi connectivity index (χ0) is 40.7. The lowest BCUT2D eigenvalue weighted by Gasteiger charge is -2.37. The molecule has 294 valence electrons. The second-order valence-corrected chi connectivity index (χ2v) is 19.3. The van der Waals surface area contributed by atoms with Gasteiger partial charge in [0.1, 0.15) is 0 Å². The highest BCUT2D eigenvalue weighted by atomic mass is 15.1. The smallest absolute Gasteiger partial charge is 0.0540 e. The number of nitrogens with zero attached hydrogens (tertiary/aromatic N) is 1. The maximum Gasteiger partial charge on any atom is 0.0540 e. The van der Waals surface area contributed by atoms with Crippen molar-refractivity contribution in [3.8, 4) is 44.5 Å². The summed E-state index contributed by atoms with van der Waals surface area (Å²) in [7, 11) is 0. The molecule has 0 aliphatic heterocycles. The third kappa shape index (κ3) is 4.62. The highest BCUT2D eigenvalue weighted by Gasteiger charge is 2.57. The van der Waals surface area contributed by atoms with E-state index in [4.69, 9.17) is 0 Å². The van der Waals surface area contributed by atoms with Gasteiger partial charge in [-0.3, -0.25) is 0 Å². The summed E-state index contributed by atoms with van der Waals surface area (Å²) >= 11 is 0. The molecule has 0 radical (unpaired) electrons. The number of anilines is 3. The van der Waals surface area contributed by atoms with Crippen molar-refractivity contribution in [2.45, 2.75) is 62.7 Å². The van der Waals surface area contributed by atoms with Gasteiger partial charge in [0, 0.05) is 33.2 Å². The third-order valence-corrected chi connectivity index (χ3v) is 16.2. The van der Waals surface area contributed by atoms with Crippen molar-refractivity contribution in [2.24, 2.45) is 11.8 Å². The molecule has 0 aromatic heterocycles. The van der Waals surface area contributed by atoms with Crippen LogP contribution in [0.25, 0.3) is 44.5 Å². The molecule has 1 heteroatoms. The Morgan fingerprint density at radius 3 is 1.64 bits per heavy atom. The summed E-state index contributed by atoms with van der Waals surface area (Å²) < 4.78 is 0. The van der Waals surface area contributed by atoms with Gasteiger partial charge in [-0.1, -0.05) is 172 Å². The Bertz CT molecular complexity index is 3110. The quantitative estimate of drug-likeness (QED) is 0.168. The van der Waals surface area contributed by atoms with E-state index < -0.39 is 0 Å². The van der Waals surface area contributed by atoms with Gasteiger partial charge < -0.3 is 4.90 Å². The Balaban J connectivity index is 1.07. The average Bonchev–Trinajstić information content (AvgIpc) is 4.10. The standard InChI is InChI=1S/C60H49N/c1-58(2)51-24-11-7-20-45(51)49-22-15-23-50(57(49)58)48-21-10-14-27-56(48)61(41-30-32-46-43-18-8-12-25-52(43)59(3,54(46)35-41)39-16-5-4-6-17-39)42-31-33-47-44-19-9-13-26-53(44)60(55(47)36-42)37-38-28-29-40(60)34-38/h4-27,30-33,35-36,38,40H,28-29,34,37H2,1-3H3. The van der Waals surface area contributed by atoms with Crippen LogP contribution >= 0.6 is 0 Å². The van der Waals surface area contributed by atoms with Gasteiger partial charge >= 0.3 is 0 Å². The maximum absolute atomic E-state index is 2.63. The van der Waals surface area contributed by atoms with Crippen LogP contribution in [0.2, 0.25) is 0 Å². The van der Waals surface area contributed by atoms with Crippen LogP contribution in [0.1, 0.15) is 85.4 Å². The van der Waals surface area contributed by atoms with Crippen LogP contribution in [-0.4, -0.2) is 0 Å². The van der Waals surface area contributed by atoms with Crippen LogP contribution in [0.4, 0.5) is 17.1 Å². The molecule has 1 spiro atoms. The SMILES string of the molecule is CC1(C)c2ccccc2-c2cccc(-c3ccccc3N(c3ccc4c(c3)C(C)(c3ccccc3)c3ccccc3-4)c3ccc4c(c3)C3(CC5CCC3C5)c3ccccc3-4)c21. The molecule has 61 heavy (non-hydrogen) atoms. The van der Waals surface area contributed by atoms with E-state index in [0.717, 1.165) is 5.92 Å². The predicted octanol–water partition coefficient (Wildman–Crippen LogP) is 15.6. The predicted molar refractivity (Wildman–Crippen MR) is 253 cm³/mol. The van der Waals surface area contributed by atoms with Gasteiger partial charge in [0.25, 0.3) is 0 Å². The Hall–Kier alpha value is -6.44. The molecule has 0 amide bonds. The van der Waals surface area contributed by atoms with Crippen LogP contribution in [0.5, 0.6) is 0 Å². The number of fused-ring (bicyclic) bond motifs is 14. The van der Waals surface area contributed by atoms with Crippen molar-refractivity contribution in [2.75, 3.05) is 4.90 Å². The summed E-state index contributed by atoms with van der Waals surface area (Å²) in [4.78, 5) is 2.61. The minimum Gasteiger partial charge on any atom is -0.310 e. The molecule has 2 saturated carbocycles. The molecule has 5 aliphatic carbocycles. The fourth-order valence-electron chi connectivity index (χ4n) is 13.6. The molecular weight excluding hydrogens is 735 g/mol. The van der Waals surface area contributed by atoms with E-state index in [2.05, 4.69) is 208 Å². The van der Waals surface area contributed by atoms with Crippen molar-refractivity contribution in [3.05, 3.63) is 221 Å². The number of hydrogen-bond acceptors (Lipinski definition) is 1. The molecule has 5 aliphatic rings. The van der Waals surface area contributed by atoms with E-state index >= 15 is 0 Å². The lowest BCUT2D eigenvalue weighted by atomic mass is 9.67. The summed E-state index contributed by atoms with van der Waals surface area (Å²) in [6.45, 7) is 7.27. The molecule has 0 heterocycles. The van der Waals surface area contributed by atoms with E-state index in [1.54, 1.807) is 11.1 Å². The van der Waals surface area contributed by atoms with E-state index in [0.29, 0.717) is 5.92 Å². The molecule has 4 unspecified atom stereocenters. The second kappa shape index (κ2) is 12.6. The van der Waals surface area contributed by atoms with E-state index in [1.807, 2.05) is 0 Å². The topological polar surface area (TPSA) is 3.24 Å². The van der Waals surface area contributed by atoms with Gasteiger partial charge in [0.2, 0.25) is 0 Å². The minimum atomic E-state index is -0.308. The van der Waals surface area contributed by atoms with Gasteiger partial charge in [-0.05, 0) is 146 Å². The number of benzene rings is 8. The first-order valence-corrected chi connectivity index (χ1v) is 22.5. The van der Waals surface area contributed by atoms with Crippen molar-refractivity contribution in [3.63, 3.8) is 0 Å². The van der Waals surface area contributed by atoms with Crippen LogP contribution in [0.3, 0.4) is 0 Å². The third-order valence-electron chi connectivity index (χ3n) is 16.2. The summed E-state index contributed by atoms with van der Waals surface area (Å²) in [5, 5.41) is 0. The van der Waals surface area contributed by atoms with Gasteiger partial charge in [-0.15, -0.1) is 0 Å². The highest BCUT2D eigenvalue weighted by Crippen LogP contribution is 2.66. The summed E-state index contributed by atoms with van der Waals surface area (Å²) in [6, 6.07) is 69.7. The summed E-state index contributed by atoms with van der Waals surface area (Å²) in [5.74, 6) is 1.50. The normalized spacial score (nSPS) is 22.7. The van der Waals surface area contributed by atoms with Crippen molar-refractivity contribution in [1.29, 1.82) is 0 Å². The molecule has 2 fully saturated rings. The monoisotopic (exact) mass is 783 g/mol. The fourth-order valence-corrected chi connectivity index (χ4v) is 13.6. The molecule has 8 aromatic carbocycles. The fraction of sp³-hybridized carbons (Fsp3) is 0.200. The van der Waals surface area contributed by atoms with E-state index in [1.165, 1.54) is 115 Å². The summed E-state index contributed by atoms with van der Waals surface area (Å²) in [5.41, 5.74) is 24.0. The van der Waals surface area contributed by atoms with Crippen LogP contribution in [0.15, 0.2) is 182 Å². The van der Waals surface area contributed by atoms with Gasteiger partial charge in [0.05, 0.1) is 5.69 Å². The first-order valence-electron chi connectivity index (χ1n) is 22.5. The minimum absolute atomic E-state index is 0.0809. The number of para-hydroxylation sites is 1. The first kappa shape index (κ1) is 35.3. The molecule has 0 N–H and O–H groups in total. The Labute approximate surface area is 360 Å². The number of rotatable bonds is 5. The molecular formula is C60H49N. The second-order valence-electron chi connectivity index (χ2n) is 19.3. The molecule has 0 saturated heterocycles. The highest BCUT2D eigenvalue weighted by molar-refractivity contribution is 5.96. The van der Waals surface area contributed by atoms with Crippen molar-refractivity contribution < 1.29 is 0 Å². The lowest BCUT2D eigenvalue weighted by molar-refractivity contribution is 0.327. The van der Waals surface area contributed by atoms with Gasteiger partial charge in [-0.25, -0.2) is 0 Å². The lowest BCUT2D eigenvalue weighted by Crippen LogP contribution is -2.32. The molecule has 13 rings (SSSR count). The molecule has 4 atom stereocenters. The van der Waals surface area contributed by atoms with Crippen molar-refractivity contribution in [1.82, 2.24) is 0 Å². The first-order chi connectivity index (χ1) is 29.9. The van der Waals surface area contributed by atoms with Crippen LogP contribution < -0.4 is 4.90 Å². The van der Waals surface area contributed by atoms with E-state index in [9.17, 15) is 0 Å². The molecule has 2 bridgehead atoms. The molecule has 8 aromatic rings. The zero-order valence-corrected chi connectivity index (χ0v) is 35.3. The summed E-state index contributed by atoms with van der Waals surface area (Å²) in [6.07, 6.45) is 5.32. The Morgan fingerprint density at radius 1 is 0.426 bits per heavy atom.